The van der Waals surface area contributed by atoms with Crippen molar-refractivity contribution in [3.05, 3.63) is 3.92 Å². The number of aromatic nitrogens is 2. The Kier molecular flexibility index (Phi) is 4.16. The largest absolute Gasteiger partial charge is 0.345 e. The Hall–Kier alpha value is -0.200. The number of nitrogens with zero attached hydrogens (tertiary/aromatic N) is 4. The lowest BCUT2D eigenvalue weighted by Gasteiger charge is -2.25. The number of rotatable bonds is 4. The second-order valence-corrected chi connectivity index (χ2v) is 6.18. The van der Waals surface area contributed by atoms with Gasteiger partial charge < -0.3 is 4.90 Å². The molecule has 1 aliphatic rings. The van der Waals surface area contributed by atoms with E-state index in [-0.39, 0.29) is 0 Å². The molecular formula is C10H17BrN4S. The highest BCUT2D eigenvalue weighted by Crippen LogP contribution is 2.28. The van der Waals surface area contributed by atoms with Crippen molar-refractivity contribution in [1.82, 2.24) is 15.1 Å². The highest BCUT2D eigenvalue weighted by atomic mass is 79.9. The molecule has 1 aromatic heterocycles. The summed E-state index contributed by atoms with van der Waals surface area (Å²) in [5.74, 6) is 0. The van der Waals surface area contributed by atoms with Gasteiger partial charge in [-0.2, -0.15) is 0 Å². The van der Waals surface area contributed by atoms with E-state index in [2.05, 4.69) is 49.8 Å². The number of halogens is 1. The quantitative estimate of drug-likeness (QED) is 0.854. The van der Waals surface area contributed by atoms with E-state index in [0.29, 0.717) is 6.04 Å². The average Bonchev–Trinajstić information content (AvgIpc) is 2.89. The van der Waals surface area contributed by atoms with E-state index in [1.165, 1.54) is 6.42 Å². The van der Waals surface area contributed by atoms with Gasteiger partial charge in [-0.05, 0) is 35.4 Å². The van der Waals surface area contributed by atoms with Crippen LogP contribution in [0.4, 0.5) is 5.13 Å². The van der Waals surface area contributed by atoms with Crippen molar-refractivity contribution < 1.29 is 0 Å². The number of likely N-dealkylation sites (N-methyl/N-ethyl adjacent to an activating group) is 1. The van der Waals surface area contributed by atoms with Crippen molar-refractivity contribution in [2.45, 2.75) is 26.3 Å². The van der Waals surface area contributed by atoms with Crippen LogP contribution >= 0.6 is 27.3 Å². The summed E-state index contributed by atoms with van der Waals surface area (Å²) in [6, 6.07) is 0.678. The molecule has 0 aromatic carbocycles. The van der Waals surface area contributed by atoms with Crippen molar-refractivity contribution >= 4 is 32.4 Å². The van der Waals surface area contributed by atoms with Gasteiger partial charge in [-0.1, -0.05) is 25.2 Å². The third kappa shape index (κ3) is 2.55. The van der Waals surface area contributed by atoms with Gasteiger partial charge in [-0.15, -0.1) is 10.2 Å². The SMILES string of the molecule is CCN(CC)C1CCN(c2nnc(Br)s2)C1. The van der Waals surface area contributed by atoms with E-state index in [9.17, 15) is 0 Å². The first-order valence-corrected chi connectivity index (χ1v) is 7.33. The fourth-order valence-electron chi connectivity index (χ4n) is 2.28. The Morgan fingerprint density at radius 1 is 1.44 bits per heavy atom. The van der Waals surface area contributed by atoms with Crippen LogP contribution in [-0.4, -0.2) is 47.3 Å². The molecule has 90 valence electrons. The van der Waals surface area contributed by atoms with Crippen LogP contribution in [0.2, 0.25) is 0 Å². The number of hydrogen-bond acceptors (Lipinski definition) is 5. The minimum absolute atomic E-state index is 0.678. The molecule has 0 bridgehead atoms. The molecular weight excluding hydrogens is 288 g/mol. The predicted octanol–water partition coefficient (Wildman–Crippen LogP) is 2.22. The molecule has 1 fully saturated rings. The van der Waals surface area contributed by atoms with E-state index in [4.69, 9.17) is 0 Å². The fraction of sp³-hybridized carbons (Fsp3) is 0.800. The average molecular weight is 305 g/mol. The van der Waals surface area contributed by atoms with Crippen molar-refractivity contribution in [3.63, 3.8) is 0 Å². The first-order valence-electron chi connectivity index (χ1n) is 5.72. The van der Waals surface area contributed by atoms with Crippen molar-refractivity contribution in [1.29, 1.82) is 0 Å². The highest BCUT2D eigenvalue weighted by Gasteiger charge is 2.27. The van der Waals surface area contributed by atoms with Crippen LogP contribution in [0.1, 0.15) is 20.3 Å². The zero-order valence-electron chi connectivity index (χ0n) is 9.69. The van der Waals surface area contributed by atoms with Gasteiger partial charge in [0.05, 0.1) is 0 Å². The molecule has 16 heavy (non-hydrogen) atoms. The van der Waals surface area contributed by atoms with Gasteiger partial charge in [0.25, 0.3) is 0 Å². The molecule has 1 atom stereocenters. The van der Waals surface area contributed by atoms with Gasteiger partial charge >= 0.3 is 0 Å². The van der Waals surface area contributed by atoms with Crippen LogP contribution < -0.4 is 4.90 Å². The Bertz CT molecular complexity index is 339. The molecule has 1 saturated heterocycles. The monoisotopic (exact) mass is 304 g/mol. The number of hydrogen-bond donors (Lipinski definition) is 0. The summed E-state index contributed by atoms with van der Waals surface area (Å²) in [4.78, 5) is 4.86. The Morgan fingerprint density at radius 2 is 2.19 bits per heavy atom. The van der Waals surface area contributed by atoms with E-state index in [0.717, 1.165) is 35.2 Å². The maximum Gasteiger partial charge on any atom is 0.209 e. The van der Waals surface area contributed by atoms with Crippen LogP contribution in [0.25, 0.3) is 0 Å². The van der Waals surface area contributed by atoms with E-state index in [1.807, 2.05) is 0 Å². The van der Waals surface area contributed by atoms with Gasteiger partial charge in [0, 0.05) is 19.1 Å². The molecule has 1 unspecified atom stereocenters. The maximum atomic E-state index is 4.17. The zero-order valence-corrected chi connectivity index (χ0v) is 12.1. The first kappa shape index (κ1) is 12.3. The van der Waals surface area contributed by atoms with Crippen LogP contribution in [0.15, 0.2) is 3.92 Å². The Balaban J connectivity index is 1.97. The van der Waals surface area contributed by atoms with E-state index in [1.54, 1.807) is 11.3 Å². The Morgan fingerprint density at radius 3 is 2.75 bits per heavy atom. The molecule has 4 nitrogen and oxygen atoms in total. The summed E-state index contributed by atoms with van der Waals surface area (Å²) in [5.41, 5.74) is 0. The topological polar surface area (TPSA) is 32.3 Å². The second-order valence-electron chi connectivity index (χ2n) is 3.95. The summed E-state index contributed by atoms with van der Waals surface area (Å²) in [6.07, 6.45) is 1.23. The maximum absolute atomic E-state index is 4.17. The van der Waals surface area contributed by atoms with Crippen LogP contribution in [0.3, 0.4) is 0 Å². The predicted molar refractivity (Wildman–Crippen MR) is 71.1 cm³/mol. The summed E-state index contributed by atoms with van der Waals surface area (Å²) < 4.78 is 0.869. The highest BCUT2D eigenvalue weighted by molar-refractivity contribution is 9.11. The van der Waals surface area contributed by atoms with Gasteiger partial charge in [-0.25, -0.2) is 0 Å². The lowest BCUT2D eigenvalue weighted by atomic mass is 10.2. The third-order valence-corrected chi connectivity index (χ3v) is 4.57. The Labute approximate surface area is 109 Å². The summed E-state index contributed by atoms with van der Waals surface area (Å²) in [6.45, 7) is 8.91. The summed E-state index contributed by atoms with van der Waals surface area (Å²) in [7, 11) is 0. The summed E-state index contributed by atoms with van der Waals surface area (Å²) >= 11 is 4.97. The molecule has 2 rings (SSSR count). The smallest absolute Gasteiger partial charge is 0.209 e. The first-order chi connectivity index (χ1) is 7.74. The number of anilines is 1. The van der Waals surface area contributed by atoms with Crippen LogP contribution in [-0.2, 0) is 0 Å². The van der Waals surface area contributed by atoms with E-state index < -0.39 is 0 Å². The molecule has 0 amide bonds. The van der Waals surface area contributed by atoms with Crippen molar-refractivity contribution in [2.75, 3.05) is 31.1 Å². The molecule has 0 aliphatic carbocycles. The fourth-order valence-corrected chi connectivity index (χ4v) is 3.40. The molecule has 1 aliphatic heterocycles. The standard InChI is InChI=1S/C10H17BrN4S/c1-3-14(4-2)8-5-6-15(7-8)10-13-12-9(11)16-10/h8H,3-7H2,1-2H3. The van der Waals surface area contributed by atoms with Gasteiger partial charge in [-0.3, -0.25) is 4.90 Å². The van der Waals surface area contributed by atoms with Gasteiger partial charge in [0.1, 0.15) is 0 Å². The molecule has 0 N–H and O–H groups in total. The van der Waals surface area contributed by atoms with Gasteiger partial charge in [0.15, 0.2) is 3.92 Å². The van der Waals surface area contributed by atoms with Crippen LogP contribution in [0, 0.1) is 0 Å². The molecule has 0 spiro atoms. The molecule has 0 radical (unpaired) electrons. The zero-order chi connectivity index (χ0) is 11.5. The summed E-state index contributed by atoms with van der Waals surface area (Å²) in [5, 5.41) is 9.22. The molecule has 0 saturated carbocycles. The van der Waals surface area contributed by atoms with Gasteiger partial charge in [0.2, 0.25) is 5.13 Å². The van der Waals surface area contributed by atoms with Crippen LogP contribution in [0.5, 0.6) is 0 Å². The lowest BCUT2D eigenvalue weighted by Crippen LogP contribution is -2.37. The van der Waals surface area contributed by atoms with Crippen molar-refractivity contribution in [2.24, 2.45) is 0 Å². The van der Waals surface area contributed by atoms with E-state index >= 15 is 0 Å². The molecule has 6 heteroatoms. The molecule has 2 heterocycles. The lowest BCUT2D eigenvalue weighted by molar-refractivity contribution is 0.232. The normalized spacial score (nSPS) is 21.0. The molecule has 1 aromatic rings. The minimum Gasteiger partial charge on any atom is -0.345 e. The minimum atomic E-state index is 0.678. The van der Waals surface area contributed by atoms with Crippen molar-refractivity contribution in [3.8, 4) is 0 Å². The third-order valence-electron chi connectivity index (χ3n) is 3.15. The second kappa shape index (κ2) is 5.42.